The van der Waals surface area contributed by atoms with Crippen LogP contribution in [0.25, 0.3) is 0 Å². The number of nitrogens with one attached hydrogen (secondary N) is 2. The van der Waals surface area contributed by atoms with Crippen LogP contribution in [0.3, 0.4) is 0 Å². The largest absolute Gasteiger partial charge is 0.349 e. The third-order valence-electron chi connectivity index (χ3n) is 3.45. The van der Waals surface area contributed by atoms with E-state index in [-0.39, 0.29) is 18.0 Å². The third-order valence-corrected chi connectivity index (χ3v) is 3.45. The highest BCUT2D eigenvalue weighted by atomic mass is 19.2. The van der Waals surface area contributed by atoms with Gasteiger partial charge in [0.2, 0.25) is 11.8 Å². The quantitative estimate of drug-likeness (QED) is 0.881. The molecule has 4 nitrogen and oxygen atoms in total. The maximum atomic E-state index is 13.2. The molecule has 0 saturated carbocycles. The number of rotatable bonds is 5. The molecule has 0 aromatic heterocycles. The molecule has 2 aromatic carbocycles. The molecular formula is C18H18F2N2O2. The minimum Gasteiger partial charge on any atom is -0.349 e. The van der Waals surface area contributed by atoms with E-state index >= 15 is 0 Å². The summed E-state index contributed by atoms with van der Waals surface area (Å²) in [4.78, 5) is 23.5. The topological polar surface area (TPSA) is 58.2 Å². The molecule has 0 spiro atoms. The Kier molecular flexibility index (Phi) is 5.63. The van der Waals surface area contributed by atoms with E-state index in [1.807, 2.05) is 31.2 Å². The first kappa shape index (κ1) is 17.6. The summed E-state index contributed by atoms with van der Waals surface area (Å²) in [6.45, 7) is 3.31. The fourth-order valence-corrected chi connectivity index (χ4v) is 2.27. The molecule has 0 aliphatic heterocycles. The Hall–Kier alpha value is -2.76. The van der Waals surface area contributed by atoms with Gasteiger partial charge in [0.05, 0.1) is 12.5 Å². The molecular weight excluding hydrogens is 314 g/mol. The van der Waals surface area contributed by atoms with Gasteiger partial charge in [0, 0.05) is 18.7 Å². The molecule has 126 valence electrons. The first-order valence-corrected chi connectivity index (χ1v) is 7.43. The average Bonchev–Trinajstić information content (AvgIpc) is 2.50. The monoisotopic (exact) mass is 332 g/mol. The average molecular weight is 332 g/mol. The second kappa shape index (κ2) is 7.68. The lowest BCUT2D eigenvalue weighted by Gasteiger charge is -2.18. The molecule has 0 fully saturated rings. The van der Waals surface area contributed by atoms with Gasteiger partial charge < -0.3 is 10.6 Å². The third kappa shape index (κ3) is 4.87. The van der Waals surface area contributed by atoms with Crippen molar-refractivity contribution in [1.29, 1.82) is 0 Å². The molecule has 0 aliphatic carbocycles. The zero-order valence-corrected chi connectivity index (χ0v) is 13.4. The Morgan fingerprint density at radius 2 is 1.71 bits per heavy atom. The number of aryl methyl sites for hydroxylation is 1. The van der Waals surface area contributed by atoms with Crippen molar-refractivity contribution < 1.29 is 18.4 Å². The molecule has 0 aliphatic rings. The van der Waals surface area contributed by atoms with Gasteiger partial charge in [-0.1, -0.05) is 29.8 Å². The van der Waals surface area contributed by atoms with Crippen molar-refractivity contribution in [3.63, 3.8) is 0 Å². The number of benzene rings is 2. The first-order valence-electron chi connectivity index (χ1n) is 7.43. The van der Waals surface area contributed by atoms with E-state index in [4.69, 9.17) is 0 Å². The number of anilines is 1. The summed E-state index contributed by atoms with van der Waals surface area (Å²) in [5, 5.41) is 5.22. The van der Waals surface area contributed by atoms with Crippen LogP contribution in [-0.4, -0.2) is 11.8 Å². The molecule has 2 aromatic rings. The van der Waals surface area contributed by atoms with E-state index in [2.05, 4.69) is 10.6 Å². The van der Waals surface area contributed by atoms with Crippen LogP contribution >= 0.6 is 0 Å². The standard InChI is InChI=1S/C18H18F2N2O2/c1-11-3-5-13(6-4-11)17(21-12(2)23)10-18(24)22-14-7-8-15(19)16(20)9-14/h3-9,17H,10H2,1-2H3,(H,21,23)(H,22,24). The fourth-order valence-electron chi connectivity index (χ4n) is 2.27. The number of hydrogen-bond donors (Lipinski definition) is 2. The van der Waals surface area contributed by atoms with Crippen LogP contribution in [0.5, 0.6) is 0 Å². The molecule has 6 heteroatoms. The van der Waals surface area contributed by atoms with Crippen LogP contribution in [0.15, 0.2) is 42.5 Å². The number of carbonyl (C=O) groups excluding carboxylic acids is 2. The summed E-state index contributed by atoms with van der Waals surface area (Å²) in [6, 6.07) is 10.1. The Morgan fingerprint density at radius 3 is 2.29 bits per heavy atom. The zero-order valence-electron chi connectivity index (χ0n) is 13.4. The lowest BCUT2D eigenvalue weighted by Crippen LogP contribution is -2.29. The Morgan fingerprint density at radius 1 is 1.04 bits per heavy atom. The van der Waals surface area contributed by atoms with Crippen LogP contribution in [0.4, 0.5) is 14.5 Å². The van der Waals surface area contributed by atoms with Crippen molar-refractivity contribution in [1.82, 2.24) is 5.32 Å². The number of hydrogen-bond acceptors (Lipinski definition) is 2. The van der Waals surface area contributed by atoms with Crippen molar-refractivity contribution >= 4 is 17.5 Å². The minimum atomic E-state index is -1.04. The number of carbonyl (C=O) groups is 2. The van der Waals surface area contributed by atoms with Crippen molar-refractivity contribution in [3.05, 3.63) is 65.2 Å². The summed E-state index contributed by atoms with van der Waals surface area (Å²) in [5.41, 5.74) is 2.01. The number of halogens is 2. The summed E-state index contributed by atoms with van der Waals surface area (Å²) in [7, 11) is 0. The summed E-state index contributed by atoms with van der Waals surface area (Å²) >= 11 is 0. The smallest absolute Gasteiger partial charge is 0.226 e. The first-order chi connectivity index (χ1) is 11.3. The Bertz CT molecular complexity index is 745. The molecule has 0 saturated heterocycles. The van der Waals surface area contributed by atoms with Crippen LogP contribution in [0.1, 0.15) is 30.5 Å². The van der Waals surface area contributed by atoms with E-state index in [0.717, 1.165) is 23.3 Å². The molecule has 0 bridgehead atoms. The van der Waals surface area contributed by atoms with Crippen molar-refractivity contribution in [2.45, 2.75) is 26.3 Å². The highest BCUT2D eigenvalue weighted by Crippen LogP contribution is 2.19. The fraction of sp³-hybridized carbons (Fsp3) is 0.222. The van der Waals surface area contributed by atoms with Gasteiger partial charge in [-0.05, 0) is 24.6 Å². The Labute approximate surface area is 138 Å². The zero-order chi connectivity index (χ0) is 17.7. The maximum absolute atomic E-state index is 13.2. The van der Waals surface area contributed by atoms with Crippen LogP contribution in [-0.2, 0) is 9.59 Å². The van der Waals surface area contributed by atoms with Gasteiger partial charge in [-0.2, -0.15) is 0 Å². The van der Waals surface area contributed by atoms with Gasteiger partial charge >= 0.3 is 0 Å². The summed E-state index contributed by atoms with van der Waals surface area (Å²) in [5.74, 6) is -2.70. The van der Waals surface area contributed by atoms with Gasteiger partial charge in [0.25, 0.3) is 0 Å². The van der Waals surface area contributed by atoms with E-state index in [1.165, 1.54) is 13.0 Å². The van der Waals surface area contributed by atoms with Crippen LogP contribution in [0.2, 0.25) is 0 Å². The second-order valence-corrected chi connectivity index (χ2v) is 5.54. The predicted molar refractivity (Wildman–Crippen MR) is 87.3 cm³/mol. The van der Waals surface area contributed by atoms with E-state index in [9.17, 15) is 18.4 Å². The molecule has 2 N–H and O–H groups in total. The predicted octanol–water partition coefficient (Wildman–Crippen LogP) is 3.48. The molecule has 0 radical (unpaired) electrons. The maximum Gasteiger partial charge on any atom is 0.226 e. The lowest BCUT2D eigenvalue weighted by molar-refractivity contribution is -0.120. The highest BCUT2D eigenvalue weighted by Gasteiger charge is 2.17. The lowest BCUT2D eigenvalue weighted by atomic mass is 10.0. The molecule has 24 heavy (non-hydrogen) atoms. The molecule has 2 amide bonds. The van der Waals surface area contributed by atoms with Crippen LogP contribution < -0.4 is 10.6 Å². The summed E-state index contributed by atoms with van der Waals surface area (Å²) in [6.07, 6.45) is -0.0262. The minimum absolute atomic E-state index is 0.0262. The van der Waals surface area contributed by atoms with Gasteiger partial charge in [-0.25, -0.2) is 8.78 Å². The van der Waals surface area contributed by atoms with Crippen molar-refractivity contribution in [3.8, 4) is 0 Å². The van der Waals surface area contributed by atoms with Gasteiger partial charge in [0.1, 0.15) is 0 Å². The van der Waals surface area contributed by atoms with Gasteiger partial charge in [-0.3, -0.25) is 9.59 Å². The highest BCUT2D eigenvalue weighted by molar-refractivity contribution is 5.91. The van der Waals surface area contributed by atoms with Crippen molar-refractivity contribution in [2.24, 2.45) is 0 Å². The normalized spacial score (nSPS) is 11.7. The van der Waals surface area contributed by atoms with E-state index < -0.39 is 23.6 Å². The second-order valence-electron chi connectivity index (χ2n) is 5.54. The Balaban J connectivity index is 2.10. The van der Waals surface area contributed by atoms with Gasteiger partial charge in [-0.15, -0.1) is 0 Å². The van der Waals surface area contributed by atoms with E-state index in [0.29, 0.717) is 0 Å². The van der Waals surface area contributed by atoms with Crippen LogP contribution in [0, 0.1) is 18.6 Å². The molecule has 1 atom stereocenters. The van der Waals surface area contributed by atoms with Gasteiger partial charge in [0.15, 0.2) is 11.6 Å². The van der Waals surface area contributed by atoms with E-state index in [1.54, 1.807) is 0 Å². The SMILES string of the molecule is CC(=O)NC(CC(=O)Nc1ccc(F)c(F)c1)c1ccc(C)cc1. The molecule has 1 unspecified atom stereocenters. The summed E-state index contributed by atoms with van der Waals surface area (Å²) < 4.78 is 26.1. The molecule has 0 heterocycles. The number of amides is 2. The molecule has 2 rings (SSSR count). The van der Waals surface area contributed by atoms with Crippen molar-refractivity contribution in [2.75, 3.05) is 5.32 Å².